The van der Waals surface area contributed by atoms with E-state index in [9.17, 15) is 4.79 Å². The van der Waals surface area contributed by atoms with Crippen molar-refractivity contribution in [2.75, 3.05) is 37.7 Å². The van der Waals surface area contributed by atoms with Gasteiger partial charge in [0.25, 0.3) is 0 Å². The number of halogens is 1. The Hall–Kier alpha value is -1.46. The zero-order chi connectivity index (χ0) is 13.7. The van der Waals surface area contributed by atoms with Crippen LogP contribution in [0.25, 0.3) is 0 Å². The van der Waals surface area contributed by atoms with E-state index in [1.54, 1.807) is 12.1 Å². The Labute approximate surface area is 117 Å². The van der Waals surface area contributed by atoms with Gasteiger partial charge in [0, 0.05) is 18.2 Å². The SMILES string of the molecule is O=C(CN1CCOc2ccc(Cl)cc21)NCCCO. The molecule has 0 radical (unpaired) electrons. The molecule has 0 saturated heterocycles. The molecule has 0 aromatic heterocycles. The highest BCUT2D eigenvalue weighted by atomic mass is 35.5. The second-order valence-electron chi connectivity index (χ2n) is 4.31. The molecule has 1 aromatic carbocycles. The number of benzene rings is 1. The lowest BCUT2D eigenvalue weighted by Crippen LogP contribution is -2.41. The molecule has 1 amide bonds. The smallest absolute Gasteiger partial charge is 0.239 e. The molecule has 1 aromatic rings. The van der Waals surface area contributed by atoms with Crippen molar-refractivity contribution in [2.45, 2.75) is 6.42 Å². The van der Waals surface area contributed by atoms with Crippen LogP contribution in [0.1, 0.15) is 6.42 Å². The maximum absolute atomic E-state index is 11.8. The van der Waals surface area contributed by atoms with Crippen LogP contribution in [0.4, 0.5) is 5.69 Å². The molecular formula is C13H17ClN2O3. The zero-order valence-corrected chi connectivity index (χ0v) is 11.3. The van der Waals surface area contributed by atoms with Crippen LogP contribution in [0.2, 0.25) is 5.02 Å². The van der Waals surface area contributed by atoms with Crippen molar-refractivity contribution in [2.24, 2.45) is 0 Å². The molecule has 0 saturated carbocycles. The number of amides is 1. The molecule has 0 bridgehead atoms. The summed E-state index contributed by atoms with van der Waals surface area (Å²) < 4.78 is 5.52. The lowest BCUT2D eigenvalue weighted by molar-refractivity contribution is -0.119. The van der Waals surface area contributed by atoms with Gasteiger partial charge < -0.3 is 20.1 Å². The minimum Gasteiger partial charge on any atom is -0.490 e. The largest absolute Gasteiger partial charge is 0.490 e. The summed E-state index contributed by atoms with van der Waals surface area (Å²) in [6, 6.07) is 5.38. The Bertz CT molecular complexity index is 454. The number of aliphatic hydroxyl groups excluding tert-OH is 1. The quantitative estimate of drug-likeness (QED) is 0.793. The first-order valence-electron chi connectivity index (χ1n) is 6.25. The van der Waals surface area contributed by atoms with E-state index in [0.717, 1.165) is 11.4 Å². The summed E-state index contributed by atoms with van der Waals surface area (Å²) in [5, 5.41) is 12.1. The first kappa shape index (κ1) is 14.0. The predicted molar refractivity (Wildman–Crippen MR) is 73.9 cm³/mol. The Balaban J connectivity index is 1.99. The molecule has 1 aliphatic rings. The van der Waals surface area contributed by atoms with Crippen molar-refractivity contribution in [1.29, 1.82) is 0 Å². The van der Waals surface area contributed by atoms with Gasteiger partial charge in [-0.05, 0) is 24.6 Å². The summed E-state index contributed by atoms with van der Waals surface area (Å²) in [6.07, 6.45) is 0.567. The molecule has 1 aliphatic heterocycles. The molecule has 1 heterocycles. The molecule has 6 heteroatoms. The Morgan fingerprint density at radius 1 is 1.53 bits per heavy atom. The first-order chi connectivity index (χ1) is 9.20. The van der Waals surface area contributed by atoms with Crippen molar-refractivity contribution in [1.82, 2.24) is 5.32 Å². The van der Waals surface area contributed by atoms with Crippen LogP contribution in [-0.4, -0.2) is 43.9 Å². The van der Waals surface area contributed by atoms with Crippen LogP contribution < -0.4 is 15.0 Å². The monoisotopic (exact) mass is 284 g/mol. The molecule has 0 fully saturated rings. The molecule has 0 atom stereocenters. The van der Waals surface area contributed by atoms with Crippen molar-refractivity contribution in [3.8, 4) is 5.75 Å². The van der Waals surface area contributed by atoms with E-state index in [-0.39, 0.29) is 19.1 Å². The van der Waals surface area contributed by atoms with Gasteiger partial charge in [0.15, 0.2) is 0 Å². The number of nitrogens with zero attached hydrogens (tertiary/aromatic N) is 1. The number of ether oxygens (including phenoxy) is 1. The van der Waals surface area contributed by atoms with E-state index < -0.39 is 0 Å². The lowest BCUT2D eigenvalue weighted by Gasteiger charge is -2.30. The Kier molecular flexibility index (Phi) is 4.87. The van der Waals surface area contributed by atoms with Crippen molar-refractivity contribution >= 4 is 23.2 Å². The van der Waals surface area contributed by atoms with Crippen molar-refractivity contribution in [3.05, 3.63) is 23.2 Å². The molecule has 19 heavy (non-hydrogen) atoms. The normalized spacial score (nSPS) is 13.7. The summed E-state index contributed by atoms with van der Waals surface area (Å²) in [6.45, 7) is 2.04. The zero-order valence-electron chi connectivity index (χ0n) is 10.6. The standard InChI is InChI=1S/C13H17ClN2O3/c14-10-2-3-12-11(8-10)16(5-7-19-12)9-13(18)15-4-1-6-17/h2-3,8,17H,1,4-7,9H2,(H,15,18). The summed E-state index contributed by atoms with van der Waals surface area (Å²) in [7, 11) is 0. The van der Waals surface area contributed by atoms with Gasteiger partial charge in [-0.25, -0.2) is 0 Å². The van der Waals surface area contributed by atoms with Gasteiger partial charge in [-0.2, -0.15) is 0 Å². The summed E-state index contributed by atoms with van der Waals surface area (Å²) in [5.74, 6) is 0.681. The summed E-state index contributed by atoms with van der Waals surface area (Å²) in [4.78, 5) is 13.7. The van der Waals surface area contributed by atoms with Gasteiger partial charge in [0.1, 0.15) is 12.4 Å². The number of fused-ring (bicyclic) bond motifs is 1. The number of aliphatic hydroxyl groups is 1. The maximum Gasteiger partial charge on any atom is 0.239 e. The topological polar surface area (TPSA) is 61.8 Å². The van der Waals surface area contributed by atoms with E-state index in [0.29, 0.717) is 31.1 Å². The highest BCUT2D eigenvalue weighted by molar-refractivity contribution is 6.31. The number of carbonyl (C=O) groups excluding carboxylic acids is 1. The van der Waals surface area contributed by atoms with Gasteiger partial charge >= 0.3 is 0 Å². The number of hydrogen-bond acceptors (Lipinski definition) is 4. The average molecular weight is 285 g/mol. The van der Waals surface area contributed by atoms with Crippen molar-refractivity contribution in [3.63, 3.8) is 0 Å². The van der Waals surface area contributed by atoms with Gasteiger partial charge in [-0.15, -0.1) is 0 Å². The van der Waals surface area contributed by atoms with Crippen LogP contribution in [0, 0.1) is 0 Å². The first-order valence-corrected chi connectivity index (χ1v) is 6.63. The summed E-state index contributed by atoms with van der Waals surface area (Å²) in [5.41, 5.74) is 0.844. The van der Waals surface area contributed by atoms with Gasteiger partial charge in [0.2, 0.25) is 5.91 Å². The maximum atomic E-state index is 11.8. The second-order valence-corrected chi connectivity index (χ2v) is 4.75. The molecule has 2 N–H and O–H groups in total. The molecule has 2 rings (SSSR count). The fraction of sp³-hybridized carbons (Fsp3) is 0.462. The summed E-state index contributed by atoms with van der Waals surface area (Å²) >= 11 is 5.97. The van der Waals surface area contributed by atoms with Gasteiger partial charge in [-0.3, -0.25) is 4.79 Å². The third kappa shape index (κ3) is 3.75. The van der Waals surface area contributed by atoms with Crippen molar-refractivity contribution < 1.29 is 14.6 Å². The Morgan fingerprint density at radius 3 is 3.16 bits per heavy atom. The number of nitrogens with one attached hydrogen (secondary N) is 1. The van der Waals surface area contributed by atoms with Gasteiger partial charge in [-0.1, -0.05) is 11.6 Å². The number of carbonyl (C=O) groups is 1. The second kappa shape index (κ2) is 6.63. The number of rotatable bonds is 5. The van der Waals surface area contributed by atoms with E-state index in [1.807, 2.05) is 11.0 Å². The number of anilines is 1. The highest BCUT2D eigenvalue weighted by Crippen LogP contribution is 2.33. The van der Waals surface area contributed by atoms with Crippen LogP contribution >= 0.6 is 11.6 Å². The molecular weight excluding hydrogens is 268 g/mol. The molecule has 104 valence electrons. The van der Waals surface area contributed by atoms with E-state index >= 15 is 0 Å². The van der Waals surface area contributed by atoms with E-state index in [2.05, 4.69) is 5.32 Å². The highest BCUT2D eigenvalue weighted by Gasteiger charge is 2.20. The fourth-order valence-corrected chi connectivity index (χ4v) is 2.11. The van der Waals surface area contributed by atoms with Gasteiger partial charge in [0.05, 0.1) is 18.8 Å². The van der Waals surface area contributed by atoms with Crippen LogP contribution in [0.3, 0.4) is 0 Å². The van der Waals surface area contributed by atoms with E-state index in [1.165, 1.54) is 0 Å². The minimum atomic E-state index is -0.0683. The predicted octanol–water partition coefficient (Wildman–Crippen LogP) is 1.04. The fourth-order valence-electron chi connectivity index (χ4n) is 1.95. The van der Waals surface area contributed by atoms with Crippen LogP contribution in [0.15, 0.2) is 18.2 Å². The molecule has 5 nitrogen and oxygen atoms in total. The Morgan fingerprint density at radius 2 is 2.37 bits per heavy atom. The number of hydrogen-bond donors (Lipinski definition) is 2. The average Bonchev–Trinajstić information content (AvgIpc) is 2.40. The molecule has 0 unspecified atom stereocenters. The van der Waals surface area contributed by atoms with Crippen LogP contribution in [-0.2, 0) is 4.79 Å². The lowest BCUT2D eigenvalue weighted by atomic mass is 10.2. The minimum absolute atomic E-state index is 0.0683. The third-order valence-electron chi connectivity index (χ3n) is 2.87. The van der Waals surface area contributed by atoms with Crippen LogP contribution in [0.5, 0.6) is 5.75 Å². The molecule has 0 spiro atoms. The van der Waals surface area contributed by atoms with E-state index in [4.69, 9.17) is 21.4 Å². The molecule has 0 aliphatic carbocycles. The third-order valence-corrected chi connectivity index (χ3v) is 3.11.